The van der Waals surface area contributed by atoms with E-state index < -0.39 is 0 Å². The molecule has 1 N–H and O–H groups in total. The number of para-hydroxylation sites is 1. The smallest absolute Gasteiger partial charge is 0.262 e. The zero-order chi connectivity index (χ0) is 16.7. The molecule has 0 heterocycles. The number of amides is 1. The fourth-order valence-corrected chi connectivity index (χ4v) is 2.27. The third kappa shape index (κ3) is 5.02. The van der Waals surface area contributed by atoms with Crippen molar-refractivity contribution < 1.29 is 14.3 Å². The number of ether oxygens (including phenoxy) is 2. The van der Waals surface area contributed by atoms with Gasteiger partial charge in [-0.1, -0.05) is 38.1 Å². The molecule has 0 radical (unpaired) electrons. The lowest BCUT2D eigenvalue weighted by Crippen LogP contribution is -2.21. The molecule has 0 aliphatic carbocycles. The third-order valence-electron chi connectivity index (χ3n) is 3.34. The molecule has 0 bridgehead atoms. The third-order valence-corrected chi connectivity index (χ3v) is 3.34. The normalized spacial score (nSPS) is 10.4. The van der Waals surface area contributed by atoms with Crippen LogP contribution in [-0.4, -0.2) is 19.1 Å². The van der Waals surface area contributed by atoms with Gasteiger partial charge in [-0.3, -0.25) is 4.79 Å². The molecule has 0 saturated heterocycles. The first-order valence-electron chi connectivity index (χ1n) is 7.84. The van der Waals surface area contributed by atoms with E-state index in [1.807, 2.05) is 43.3 Å². The zero-order valence-electron chi connectivity index (χ0n) is 13.8. The van der Waals surface area contributed by atoms with Crippen molar-refractivity contribution >= 4 is 11.6 Å². The summed E-state index contributed by atoms with van der Waals surface area (Å²) in [5.74, 6) is 1.51. The van der Waals surface area contributed by atoms with Gasteiger partial charge in [0.2, 0.25) is 0 Å². The first kappa shape index (κ1) is 16.9. The summed E-state index contributed by atoms with van der Waals surface area (Å²) in [6.07, 6.45) is 0. The molecule has 4 nitrogen and oxygen atoms in total. The van der Waals surface area contributed by atoms with Crippen LogP contribution in [0.4, 0.5) is 5.69 Å². The van der Waals surface area contributed by atoms with E-state index in [0.717, 1.165) is 17.0 Å². The summed E-state index contributed by atoms with van der Waals surface area (Å²) in [4.78, 5) is 12.1. The molecule has 0 spiro atoms. The minimum Gasteiger partial charge on any atom is -0.494 e. The summed E-state index contributed by atoms with van der Waals surface area (Å²) in [7, 11) is 0. The highest BCUT2D eigenvalue weighted by molar-refractivity contribution is 5.92. The maximum Gasteiger partial charge on any atom is 0.262 e. The molecule has 23 heavy (non-hydrogen) atoms. The van der Waals surface area contributed by atoms with Gasteiger partial charge in [-0.05, 0) is 36.6 Å². The number of hydrogen-bond acceptors (Lipinski definition) is 3. The Balaban J connectivity index is 1.94. The molecule has 2 aromatic rings. The van der Waals surface area contributed by atoms with Gasteiger partial charge >= 0.3 is 0 Å². The number of hydrogen-bond donors (Lipinski definition) is 1. The molecule has 2 aromatic carbocycles. The van der Waals surface area contributed by atoms with Crippen molar-refractivity contribution in [2.75, 3.05) is 18.5 Å². The van der Waals surface area contributed by atoms with Crippen LogP contribution < -0.4 is 14.8 Å². The van der Waals surface area contributed by atoms with Gasteiger partial charge in [0.25, 0.3) is 5.91 Å². The maximum absolute atomic E-state index is 12.1. The highest BCUT2D eigenvalue weighted by atomic mass is 16.5. The van der Waals surface area contributed by atoms with Crippen molar-refractivity contribution in [2.24, 2.45) is 0 Å². The second-order valence-corrected chi connectivity index (χ2v) is 5.49. The molecule has 2 rings (SSSR count). The van der Waals surface area contributed by atoms with Gasteiger partial charge in [0.1, 0.15) is 11.5 Å². The first-order valence-corrected chi connectivity index (χ1v) is 7.84. The van der Waals surface area contributed by atoms with E-state index in [4.69, 9.17) is 9.47 Å². The maximum atomic E-state index is 12.1. The molecule has 0 saturated carbocycles. The Hall–Kier alpha value is -2.49. The quantitative estimate of drug-likeness (QED) is 0.832. The molecule has 0 atom stereocenters. The topological polar surface area (TPSA) is 47.6 Å². The first-order chi connectivity index (χ1) is 11.1. The summed E-state index contributed by atoms with van der Waals surface area (Å²) in [6.45, 7) is 6.67. The van der Waals surface area contributed by atoms with Crippen LogP contribution >= 0.6 is 0 Å². The van der Waals surface area contributed by atoms with Gasteiger partial charge < -0.3 is 14.8 Å². The molecule has 1 amide bonds. The molecule has 122 valence electrons. The lowest BCUT2D eigenvalue weighted by atomic mass is 10.0. The number of anilines is 1. The molecule has 0 unspecified atom stereocenters. The van der Waals surface area contributed by atoms with Crippen molar-refractivity contribution in [3.8, 4) is 11.5 Å². The van der Waals surface area contributed by atoms with Crippen molar-refractivity contribution in [1.29, 1.82) is 0 Å². The van der Waals surface area contributed by atoms with Crippen molar-refractivity contribution in [2.45, 2.75) is 26.7 Å². The van der Waals surface area contributed by atoms with Gasteiger partial charge in [-0.25, -0.2) is 0 Å². The highest BCUT2D eigenvalue weighted by Gasteiger charge is 2.09. The second-order valence-electron chi connectivity index (χ2n) is 5.49. The number of benzene rings is 2. The molecule has 0 aliphatic rings. The van der Waals surface area contributed by atoms with Gasteiger partial charge in [0.15, 0.2) is 6.61 Å². The Bertz CT molecular complexity index is 653. The summed E-state index contributed by atoms with van der Waals surface area (Å²) in [5, 5.41) is 2.91. The summed E-state index contributed by atoms with van der Waals surface area (Å²) >= 11 is 0. The Morgan fingerprint density at radius 3 is 2.43 bits per heavy atom. The molecular weight excluding hydrogens is 290 g/mol. The van der Waals surface area contributed by atoms with Gasteiger partial charge in [0, 0.05) is 11.8 Å². The fraction of sp³-hybridized carbons (Fsp3) is 0.316. The van der Waals surface area contributed by atoms with E-state index in [1.54, 1.807) is 12.1 Å². The number of nitrogens with one attached hydrogen (secondary N) is 1. The average Bonchev–Trinajstić information content (AvgIpc) is 2.54. The number of rotatable bonds is 7. The summed E-state index contributed by atoms with van der Waals surface area (Å²) in [6, 6.07) is 15.1. The van der Waals surface area contributed by atoms with Crippen LogP contribution in [0.5, 0.6) is 11.5 Å². The van der Waals surface area contributed by atoms with Crippen LogP contribution in [0.1, 0.15) is 32.3 Å². The number of carbonyl (C=O) groups is 1. The lowest BCUT2D eigenvalue weighted by molar-refractivity contribution is -0.118. The largest absolute Gasteiger partial charge is 0.494 e. The minimum absolute atomic E-state index is 0.0397. The fourth-order valence-electron chi connectivity index (χ4n) is 2.27. The second kappa shape index (κ2) is 8.22. The predicted octanol–water partition coefficient (Wildman–Crippen LogP) is 4.23. The van der Waals surface area contributed by atoms with Crippen LogP contribution in [-0.2, 0) is 4.79 Å². The van der Waals surface area contributed by atoms with E-state index >= 15 is 0 Å². The minimum atomic E-state index is -0.181. The monoisotopic (exact) mass is 313 g/mol. The van der Waals surface area contributed by atoms with E-state index in [-0.39, 0.29) is 12.5 Å². The van der Waals surface area contributed by atoms with Gasteiger partial charge in [0.05, 0.1) is 6.61 Å². The highest BCUT2D eigenvalue weighted by Crippen LogP contribution is 2.24. The Morgan fingerprint density at radius 2 is 1.74 bits per heavy atom. The van der Waals surface area contributed by atoms with Gasteiger partial charge in [-0.15, -0.1) is 0 Å². The average molecular weight is 313 g/mol. The lowest BCUT2D eigenvalue weighted by Gasteiger charge is -2.14. The van der Waals surface area contributed by atoms with Gasteiger partial charge in [-0.2, -0.15) is 0 Å². The molecule has 4 heteroatoms. The van der Waals surface area contributed by atoms with Crippen LogP contribution in [0, 0.1) is 0 Å². The van der Waals surface area contributed by atoms with E-state index in [0.29, 0.717) is 18.3 Å². The van der Waals surface area contributed by atoms with Crippen LogP contribution in [0.15, 0.2) is 48.5 Å². The Morgan fingerprint density at radius 1 is 1.04 bits per heavy atom. The molecule has 0 aromatic heterocycles. The summed E-state index contributed by atoms with van der Waals surface area (Å²) in [5.41, 5.74) is 1.94. The van der Waals surface area contributed by atoms with E-state index in [1.165, 1.54) is 0 Å². The van der Waals surface area contributed by atoms with Crippen molar-refractivity contribution in [1.82, 2.24) is 0 Å². The van der Waals surface area contributed by atoms with E-state index in [9.17, 15) is 4.79 Å². The standard InChI is InChI=1S/C19H23NO3/c1-4-22-15-8-7-9-16(12-15)23-13-19(21)20-18-11-6-5-10-17(18)14(2)3/h5-12,14H,4,13H2,1-3H3,(H,20,21). The summed E-state index contributed by atoms with van der Waals surface area (Å²) < 4.78 is 10.9. The molecular formula is C19H23NO3. The zero-order valence-corrected chi connectivity index (χ0v) is 13.8. The van der Waals surface area contributed by atoms with Crippen LogP contribution in [0.2, 0.25) is 0 Å². The van der Waals surface area contributed by atoms with E-state index in [2.05, 4.69) is 19.2 Å². The molecule has 0 aliphatic heterocycles. The van der Waals surface area contributed by atoms with Crippen LogP contribution in [0.3, 0.4) is 0 Å². The molecule has 0 fully saturated rings. The van der Waals surface area contributed by atoms with Crippen molar-refractivity contribution in [3.05, 3.63) is 54.1 Å². The number of carbonyl (C=O) groups excluding carboxylic acids is 1. The Kier molecular flexibility index (Phi) is 6.03. The van der Waals surface area contributed by atoms with Crippen molar-refractivity contribution in [3.63, 3.8) is 0 Å². The van der Waals surface area contributed by atoms with Crippen LogP contribution in [0.25, 0.3) is 0 Å². The SMILES string of the molecule is CCOc1cccc(OCC(=O)Nc2ccccc2C(C)C)c1. The Labute approximate surface area is 137 Å². The predicted molar refractivity (Wildman–Crippen MR) is 92.3 cm³/mol.